The molecule has 2 aromatic carbocycles. The Balaban J connectivity index is 1.30. The summed E-state index contributed by atoms with van der Waals surface area (Å²) < 4.78 is 11.6. The van der Waals surface area contributed by atoms with Gasteiger partial charge in [-0.15, -0.1) is 0 Å². The van der Waals surface area contributed by atoms with Crippen molar-refractivity contribution in [1.82, 2.24) is 15.3 Å². The zero-order valence-corrected chi connectivity index (χ0v) is 20.1. The van der Waals surface area contributed by atoms with E-state index in [9.17, 15) is 4.79 Å². The van der Waals surface area contributed by atoms with E-state index in [4.69, 9.17) is 9.47 Å². The van der Waals surface area contributed by atoms with Crippen molar-refractivity contribution in [3.05, 3.63) is 71.5 Å². The summed E-state index contributed by atoms with van der Waals surface area (Å²) in [5, 5.41) is 3.08. The molecule has 1 amide bonds. The number of ether oxygens (including phenoxy) is 2. The molecule has 1 aliphatic rings. The smallest absolute Gasteiger partial charge is 0.224 e. The first kappa shape index (κ1) is 23.5. The van der Waals surface area contributed by atoms with Gasteiger partial charge in [-0.1, -0.05) is 24.3 Å². The van der Waals surface area contributed by atoms with Crippen LogP contribution in [0.15, 0.2) is 54.9 Å². The Morgan fingerprint density at radius 1 is 1.09 bits per heavy atom. The fourth-order valence-electron chi connectivity index (χ4n) is 4.12. The van der Waals surface area contributed by atoms with Gasteiger partial charge in [0.05, 0.1) is 6.61 Å². The van der Waals surface area contributed by atoms with Crippen molar-refractivity contribution >= 4 is 11.7 Å². The van der Waals surface area contributed by atoms with Gasteiger partial charge in [-0.2, -0.15) is 0 Å². The lowest BCUT2D eigenvalue weighted by Crippen LogP contribution is -2.40. The van der Waals surface area contributed by atoms with E-state index in [-0.39, 0.29) is 11.8 Å². The van der Waals surface area contributed by atoms with E-state index in [1.54, 1.807) is 0 Å². The van der Waals surface area contributed by atoms with Crippen molar-refractivity contribution in [2.24, 2.45) is 5.92 Å². The number of nitrogens with one attached hydrogen (secondary N) is 1. The minimum atomic E-state index is -0.00109. The van der Waals surface area contributed by atoms with Crippen LogP contribution in [0.4, 0.5) is 5.82 Å². The van der Waals surface area contributed by atoms with Crippen LogP contribution in [0.1, 0.15) is 36.5 Å². The maximum Gasteiger partial charge on any atom is 0.224 e. The lowest BCUT2D eigenvalue weighted by molar-refractivity contribution is -0.125. The van der Waals surface area contributed by atoms with Crippen molar-refractivity contribution in [1.29, 1.82) is 0 Å². The van der Waals surface area contributed by atoms with E-state index >= 15 is 0 Å². The summed E-state index contributed by atoms with van der Waals surface area (Å²) in [5.41, 5.74) is 3.31. The molecule has 3 aromatic rings. The molecule has 2 heterocycles. The predicted octanol–water partition coefficient (Wildman–Crippen LogP) is 4.82. The fourth-order valence-corrected chi connectivity index (χ4v) is 4.12. The number of aryl methyl sites for hydroxylation is 1. The molecular formula is C27H32N4O3. The molecule has 1 aromatic heterocycles. The summed E-state index contributed by atoms with van der Waals surface area (Å²) in [6.07, 6.45) is 3.09. The molecule has 1 saturated heterocycles. The highest BCUT2D eigenvalue weighted by Gasteiger charge is 2.26. The van der Waals surface area contributed by atoms with Crippen molar-refractivity contribution in [2.75, 3.05) is 24.6 Å². The van der Waals surface area contributed by atoms with Crippen molar-refractivity contribution in [2.45, 2.75) is 40.2 Å². The maximum atomic E-state index is 12.7. The number of hydrogen-bond acceptors (Lipinski definition) is 6. The second kappa shape index (κ2) is 11.0. The van der Waals surface area contributed by atoms with Gasteiger partial charge >= 0.3 is 0 Å². The van der Waals surface area contributed by atoms with E-state index in [0.29, 0.717) is 19.0 Å². The van der Waals surface area contributed by atoms with Gasteiger partial charge in [0.25, 0.3) is 0 Å². The van der Waals surface area contributed by atoms with Gasteiger partial charge in [0.1, 0.15) is 23.6 Å². The third-order valence-electron chi connectivity index (χ3n) is 6.26. The normalized spacial score (nSPS) is 14.0. The average Bonchev–Trinajstić information content (AvgIpc) is 2.86. The Hall–Kier alpha value is -3.61. The second-order valence-corrected chi connectivity index (χ2v) is 8.57. The third-order valence-corrected chi connectivity index (χ3v) is 6.26. The Labute approximate surface area is 201 Å². The zero-order chi connectivity index (χ0) is 23.9. The highest BCUT2D eigenvalue weighted by atomic mass is 16.5. The molecule has 34 heavy (non-hydrogen) atoms. The third kappa shape index (κ3) is 5.84. The molecule has 7 nitrogen and oxygen atoms in total. The first-order valence-electron chi connectivity index (χ1n) is 11.8. The quantitative estimate of drug-likeness (QED) is 0.520. The lowest BCUT2D eigenvalue weighted by Gasteiger charge is -2.32. The maximum absolute atomic E-state index is 12.7. The molecule has 178 valence electrons. The Morgan fingerprint density at radius 3 is 2.68 bits per heavy atom. The predicted molar refractivity (Wildman–Crippen MR) is 132 cm³/mol. The topological polar surface area (TPSA) is 76.6 Å². The molecule has 0 bridgehead atoms. The van der Waals surface area contributed by atoms with Crippen LogP contribution in [-0.4, -0.2) is 35.6 Å². The number of anilines is 1. The van der Waals surface area contributed by atoms with Crippen molar-refractivity contribution < 1.29 is 14.3 Å². The van der Waals surface area contributed by atoms with E-state index in [1.165, 1.54) is 11.9 Å². The number of hydrogen-bond donors (Lipinski definition) is 1. The molecule has 0 spiro atoms. The number of piperidine rings is 1. The first-order chi connectivity index (χ1) is 16.5. The molecule has 0 unspecified atom stereocenters. The monoisotopic (exact) mass is 460 g/mol. The van der Waals surface area contributed by atoms with Gasteiger partial charge in [0.2, 0.25) is 11.8 Å². The van der Waals surface area contributed by atoms with Gasteiger partial charge in [0, 0.05) is 31.6 Å². The Kier molecular flexibility index (Phi) is 7.62. The summed E-state index contributed by atoms with van der Waals surface area (Å²) in [6, 6.07) is 15.7. The molecular weight excluding hydrogens is 428 g/mol. The molecule has 0 saturated carbocycles. The molecule has 0 aliphatic carbocycles. The van der Waals surface area contributed by atoms with Gasteiger partial charge in [-0.25, -0.2) is 9.97 Å². The number of rotatable bonds is 8. The molecule has 0 atom stereocenters. The number of aromatic nitrogens is 2. The SMILES string of the molecule is CCOc1cccc(CNC(=O)C2CCN(c3cc(Oc4cccc(C)c4C)ncn3)CC2)c1. The molecule has 4 rings (SSSR count). The highest BCUT2D eigenvalue weighted by molar-refractivity contribution is 5.79. The van der Waals surface area contributed by atoms with E-state index < -0.39 is 0 Å². The van der Waals surface area contributed by atoms with E-state index in [2.05, 4.69) is 33.2 Å². The van der Waals surface area contributed by atoms with E-state index in [0.717, 1.165) is 54.4 Å². The van der Waals surface area contributed by atoms with Crippen LogP contribution in [0.3, 0.4) is 0 Å². The van der Waals surface area contributed by atoms with Gasteiger partial charge in [-0.3, -0.25) is 4.79 Å². The van der Waals surface area contributed by atoms with Crippen LogP contribution >= 0.6 is 0 Å². The van der Waals surface area contributed by atoms with Crippen LogP contribution in [0.25, 0.3) is 0 Å². The van der Waals surface area contributed by atoms with Crippen LogP contribution < -0.4 is 19.7 Å². The van der Waals surface area contributed by atoms with Crippen molar-refractivity contribution in [3.63, 3.8) is 0 Å². The number of carbonyl (C=O) groups excluding carboxylic acids is 1. The summed E-state index contributed by atoms with van der Waals surface area (Å²) in [5.74, 6) is 3.07. The molecule has 1 fully saturated rings. The number of amides is 1. The Morgan fingerprint density at radius 2 is 1.88 bits per heavy atom. The second-order valence-electron chi connectivity index (χ2n) is 8.57. The largest absolute Gasteiger partial charge is 0.494 e. The minimum absolute atomic E-state index is 0.00109. The minimum Gasteiger partial charge on any atom is -0.494 e. The van der Waals surface area contributed by atoms with Crippen molar-refractivity contribution in [3.8, 4) is 17.4 Å². The average molecular weight is 461 g/mol. The molecule has 0 radical (unpaired) electrons. The molecule has 1 N–H and O–H groups in total. The number of carbonyl (C=O) groups is 1. The van der Waals surface area contributed by atoms with Gasteiger partial charge in [0.15, 0.2) is 0 Å². The van der Waals surface area contributed by atoms with E-state index in [1.807, 2.05) is 56.3 Å². The summed E-state index contributed by atoms with van der Waals surface area (Å²) in [7, 11) is 0. The summed E-state index contributed by atoms with van der Waals surface area (Å²) >= 11 is 0. The van der Waals surface area contributed by atoms with Crippen LogP contribution in [-0.2, 0) is 11.3 Å². The van der Waals surface area contributed by atoms with Crippen LogP contribution in [0.5, 0.6) is 17.4 Å². The standard InChI is InChI=1S/C27H32N4O3/c1-4-33-23-9-6-8-21(15-23)17-28-27(32)22-11-13-31(14-12-22)25-16-26(30-18-29-25)34-24-10-5-7-19(2)20(24)3/h5-10,15-16,18,22H,4,11-14,17H2,1-3H3,(H,28,32). The molecule has 1 aliphatic heterocycles. The lowest BCUT2D eigenvalue weighted by atomic mass is 9.96. The number of nitrogens with zero attached hydrogens (tertiary/aromatic N) is 3. The van der Waals surface area contributed by atoms with Gasteiger partial charge in [-0.05, 0) is 68.5 Å². The fraction of sp³-hybridized carbons (Fsp3) is 0.370. The summed E-state index contributed by atoms with van der Waals surface area (Å²) in [6.45, 7) is 8.71. The van der Waals surface area contributed by atoms with Crippen LogP contribution in [0.2, 0.25) is 0 Å². The first-order valence-corrected chi connectivity index (χ1v) is 11.8. The summed E-state index contributed by atoms with van der Waals surface area (Å²) in [4.78, 5) is 23.6. The number of benzene rings is 2. The Bertz CT molecular complexity index is 1130. The van der Waals surface area contributed by atoms with Gasteiger partial charge < -0.3 is 19.7 Å². The van der Waals surface area contributed by atoms with Crippen LogP contribution in [0, 0.1) is 19.8 Å². The highest BCUT2D eigenvalue weighted by Crippen LogP contribution is 2.28. The zero-order valence-electron chi connectivity index (χ0n) is 20.1. The molecule has 7 heteroatoms.